The fourth-order valence-electron chi connectivity index (χ4n) is 3.92. The van der Waals surface area contributed by atoms with Gasteiger partial charge in [0.1, 0.15) is 5.82 Å². The molecule has 0 saturated carbocycles. The fraction of sp³-hybridized carbons (Fsp3) is 0.0833. The predicted molar refractivity (Wildman–Crippen MR) is 117 cm³/mol. The molecule has 6 nitrogen and oxygen atoms in total. The Morgan fingerprint density at radius 3 is 2.73 bits per heavy atom. The van der Waals surface area contributed by atoms with Crippen molar-refractivity contribution in [2.24, 2.45) is 0 Å². The van der Waals surface area contributed by atoms with Gasteiger partial charge in [0.2, 0.25) is 6.79 Å². The molecule has 146 valence electrons. The molecule has 0 spiro atoms. The van der Waals surface area contributed by atoms with E-state index in [1.54, 1.807) is 0 Å². The van der Waals surface area contributed by atoms with Gasteiger partial charge in [0.15, 0.2) is 17.1 Å². The molecule has 1 aliphatic rings. The van der Waals surface area contributed by atoms with Crippen molar-refractivity contribution < 1.29 is 9.47 Å². The summed E-state index contributed by atoms with van der Waals surface area (Å²) < 4.78 is 12.7. The molecule has 0 fully saturated rings. The van der Waals surface area contributed by atoms with Crippen LogP contribution in [0.1, 0.15) is 0 Å². The zero-order valence-electron chi connectivity index (χ0n) is 16.3. The van der Waals surface area contributed by atoms with Crippen molar-refractivity contribution in [3.05, 3.63) is 79.1 Å². The van der Waals surface area contributed by atoms with Crippen molar-refractivity contribution in [2.75, 3.05) is 18.7 Å². The van der Waals surface area contributed by atoms with E-state index in [4.69, 9.17) is 14.5 Å². The molecule has 0 bridgehead atoms. The Morgan fingerprint density at radius 2 is 1.77 bits per heavy atom. The van der Waals surface area contributed by atoms with E-state index in [1.807, 2.05) is 53.1 Å². The normalized spacial score (nSPS) is 12.6. The van der Waals surface area contributed by atoms with Crippen LogP contribution in [0.3, 0.4) is 0 Å². The number of hydrogen-bond donors (Lipinski definition) is 0. The van der Waals surface area contributed by atoms with Gasteiger partial charge in [0.05, 0.1) is 6.20 Å². The van der Waals surface area contributed by atoms with Crippen LogP contribution >= 0.6 is 0 Å². The highest BCUT2D eigenvalue weighted by atomic mass is 16.7. The SMILES string of the molecule is CN(c1ccc2c(c1)OCO2)c1ccn2ncc(-c3cccc4ccccc34)c2n1. The van der Waals surface area contributed by atoms with Crippen LogP contribution in [0.5, 0.6) is 11.5 Å². The molecule has 1 aliphatic heterocycles. The molecule has 3 heterocycles. The van der Waals surface area contributed by atoms with E-state index < -0.39 is 0 Å². The van der Waals surface area contributed by atoms with Gasteiger partial charge in [-0.15, -0.1) is 0 Å². The van der Waals surface area contributed by atoms with Crippen molar-refractivity contribution in [3.63, 3.8) is 0 Å². The first-order valence-electron chi connectivity index (χ1n) is 9.74. The molecule has 2 aromatic heterocycles. The highest BCUT2D eigenvalue weighted by Gasteiger charge is 2.17. The highest BCUT2D eigenvalue weighted by Crippen LogP contribution is 2.37. The van der Waals surface area contributed by atoms with Gasteiger partial charge in [0.25, 0.3) is 0 Å². The molecule has 3 aromatic carbocycles. The van der Waals surface area contributed by atoms with Crippen LogP contribution in [0, 0.1) is 0 Å². The molecular weight excluding hydrogens is 376 g/mol. The van der Waals surface area contributed by atoms with Crippen LogP contribution in [0.15, 0.2) is 79.1 Å². The van der Waals surface area contributed by atoms with Crippen LogP contribution in [0.2, 0.25) is 0 Å². The highest BCUT2D eigenvalue weighted by molar-refractivity contribution is 5.99. The van der Waals surface area contributed by atoms with E-state index in [9.17, 15) is 0 Å². The van der Waals surface area contributed by atoms with Gasteiger partial charge in [-0.05, 0) is 34.5 Å². The van der Waals surface area contributed by atoms with Crippen molar-refractivity contribution in [1.29, 1.82) is 0 Å². The molecule has 30 heavy (non-hydrogen) atoms. The van der Waals surface area contributed by atoms with Crippen LogP contribution in [-0.4, -0.2) is 28.4 Å². The fourth-order valence-corrected chi connectivity index (χ4v) is 3.92. The van der Waals surface area contributed by atoms with E-state index in [1.165, 1.54) is 10.8 Å². The number of nitrogens with zero attached hydrogens (tertiary/aromatic N) is 4. The minimum atomic E-state index is 0.261. The third-order valence-electron chi connectivity index (χ3n) is 5.52. The Morgan fingerprint density at radius 1 is 0.900 bits per heavy atom. The molecule has 0 aliphatic carbocycles. The average molecular weight is 394 g/mol. The summed E-state index contributed by atoms with van der Waals surface area (Å²) in [6.07, 6.45) is 3.82. The first-order chi connectivity index (χ1) is 14.8. The Balaban J connectivity index is 1.47. The summed E-state index contributed by atoms with van der Waals surface area (Å²) in [5.74, 6) is 2.34. The topological polar surface area (TPSA) is 51.9 Å². The third-order valence-corrected chi connectivity index (χ3v) is 5.52. The maximum absolute atomic E-state index is 5.52. The zero-order valence-corrected chi connectivity index (χ0v) is 16.3. The maximum Gasteiger partial charge on any atom is 0.231 e. The number of benzene rings is 3. The van der Waals surface area contributed by atoms with Gasteiger partial charge >= 0.3 is 0 Å². The predicted octanol–water partition coefficient (Wildman–Crippen LogP) is 5.05. The number of hydrogen-bond acceptors (Lipinski definition) is 5. The second-order valence-electron chi connectivity index (χ2n) is 7.24. The number of anilines is 2. The second kappa shape index (κ2) is 6.49. The number of ether oxygens (including phenoxy) is 2. The van der Waals surface area contributed by atoms with Gasteiger partial charge in [-0.1, -0.05) is 42.5 Å². The van der Waals surface area contributed by atoms with Crippen molar-refractivity contribution in [3.8, 4) is 22.6 Å². The van der Waals surface area contributed by atoms with Gasteiger partial charge in [0, 0.05) is 30.6 Å². The molecule has 6 heteroatoms. The molecule has 0 amide bonds. The van der Waals surface area contributed by atoms with Crippen LogP contribution < -0.4 is 14.4 Å². The summed E-state index contributed by atoms with van der Waals surface area (Å²) in [5.41, 5.74) is 3.92. The number of aromatic nitrogens is 3. The minimum Gasteiger partial charge on any atom is -0.454 e. The lowest BCUT2D eigenvalue weighted by Crippen LogP contribution is -2.11. The smallest absolute Gasteiger partial charge is 0.231 e. The minimum absolute atomic E-state index is 0.261. The van der Waals surface area contributed by atoms with Crippen LogP contribution in [0.4, 0.5) is 11.5 Å². The number of rotatable bonds is 3. The largest absolute Gasteiger partial charge is 0.454 e. The Labute approximate surface area is 172 Å². The first kappa shape index (κ1) is 16.9. The van der Waals surface area contributed by atoms with E-state index >= 15 is 0 Å². The summed E-state index contributed by atoms with van der Waals surface area (Å²) in [6, 6.07) is 22.5. The standard InChI is InChI=1S/C24H18N4O2/c1-27(17-9-10-21-22(13-17)30-15-29-21)23-11-12-28-24(26-23)20(14-25-28)19-8-4-6-16-5-2-3-7-18(16)19/h2-14H,15H2,1H3. The molecule has 6 rings (SSSR count). The summed E-state index contributed by atoms with van der Waals surface area (Å²) >= 11 is 0. The van der Waals surface area contributed by atoms with Crippen molar-refractivity contribution in [2.45, 2.75) is 0 Å². The Kier molecular flexibility index (Phi) is 3.64. The van der Waals surface area contributed by atoms with Crippen molar-refractivity contribution in [1.82, 2.24) is 14.6 Å². The molecule has 0 unspecified atom stereocenters. The lowest BCUT2D eigenvalue weighted by molar-refractivity contribution is 0.174. The average Bonchev–Trinajstić information content (AvgIpc) is 3.44. The number of fused-ring (bicyclic) bond motifs is 3. The lowest BCUT2D eigenvalue weighted by Gasteiger charge is -2.19. The zero-order chi connectivity index (χ0) is 20.1. The lowest BCUT2D eigenvalue weighted by atomic mass is 10.0. The quantitative estimate of drug-likeness (QED) is 0.429. The summed E-state index contributed by atoms with van der Waals surface area (Å²) in [6.45, 7) is 0.261. The summed E-state index contributed by atoms with van der Waals surface area (Å²) in [7, 11) is 1.99. The molecule has 5 aromatic rings. The van der Waals surface area contributed by atoms with Gasteiger partial charge in [-0.25, -0.2) is 9.50 Å². The van der Waals surface area contributed by atoms with E-state index in [0.717, 1.165) is 39.8 Å². The van der Waals surface area contributed by atoms with Crippen molar-refractivity contribution >= 4 is 27.9 Å². The summed E-state index contributed by atoms with van der Waals surface area (Å²) in [5, 5.41) is 6.90. The van der Waals surface area contributed by atoms with Gasteiger partial charge < -0.3 is 14.4 Å². The van der Waals surface area contributed by atoms with Gasteiger partial charge in [-0.2, -0.15) is 5.10 Å². The first-order valence-corrected chi connectivity index (χ1v) is 9.74. The van der Waals surface area contributed by atoms with Crippen LogP contribution in [0.25, 0.3) is 27.5 Å². The molecular formula is C24H18N4O2. The third kappa shape index (κ3) is 2.58. The molecule has 0 radical (unpaired) electrons. The van der Waals surface area contributed by atoms with Gasteiger partial charge in [-0.3, -0.25) is 0 Å². The van der Waals surface area contributed by atoms with E-state index in [-0.39, 0.29) is 6.79 Å². The second-order valence-corrected chi connectivity index (χ2v) is 7.24. The monoisotopic (exact) mass is 394 g/mol. The Hall–Kier alpha value is -4.06. The molecule has 0 N–H and O–H groups in total. The van der Waals surface area contributed by atoms with E-state index in [2.05, 4.69) is 47.6 Å². The maximum atomic E-state index is 5.52. The van der Waals surface area contributed by atoms with Crippen LogP contribution in [-0.2, 0) is 0 Å². The summed E-state index contributed by atoms with van der Waals surface area (Å²) in [4.78, 5) is 6.97. The Bertz CT molecular complexity index is 1400. The van der Waals surface area contributed by atoms with E-state index in [0.29, 0.717) is 0 Å². The molecule has 0 saturated heterocycles. The molecule has 0 atom stereocenters.